The second-order valence-corrected chi connectivity index (χ2v) is 5.20. The largest absolute Gasteiger partial charge is 0.355 e. The smallest absolute Gasteiger partial charge is 0.170 e. The highest BCUT2D eigenvalue weighted by atomic mass is 16.1. The molecular weight excluding hydrogens is 238 g/mol. The van der Waals surface area contributed by atoms with Crippen LogP contribution in [0.2, 0.25) is 0 Å². The molecular formula is C15H19N3O. The van der Waals surface area contributed by atoms with Gasteiger partial charge in [-0.2, -0.15) is 0 Å². The number of aldehydes is 1. The maximum absolute atomic E-state index is 11.4. The molecule has 2 aromatic heterocycles. The lowest BCUT2D eigenvalue weighted by atomic mass is 9.85. The van der Waals surface area contributed by atoms with Crippen LogP contribution in [0.3, 0.4) is 0 Å². The van der Waals surface area contributed by atoms with E-state index in [4.69, 9.17) is 0 Å². The Kier molecular flexibility index (Phi) is 3.23. The maximum Gasteiger partial charge on any atom is 0.170 e. The Morgan fingerprint density at radius 3 is 2.95 bits per heavy atom. The fraction of sp³-hybridized carbons (Fsp3) is 0.467. The Labute approximate surface area is 113 Å². The predicted octanol–water partition coefficient (Wildman–Crippen LogP) is 2.77. The van der Waals surface area contributed by atoms with Gasteiger partial charge in [-0.05, 0) is 37.8 Å². The van der Waals surface area contributed by atoms with Crippen molar-refractivity contribution in [2.24, 2.45) is 5.92 Å². The summed E-state index contributed by atoms with van der Waals surface area (Å²) in [6.45, 7) is 4.03. The SMILES string of the molecule is CCN(CC1CCC1)c1nc2ccccn2c1C=O. The lowest BCUT2D eigenvalue weighted by Crippen LogP contribution is -2.33. The van der Waals surface area contributed by atoms with Crippen LogP contribution in [0.5, 0.6) is 0 Å². The van der Waals surface area contributed by atoms with Crippen LogP contribution in [0.1, 0.15) is 36.7 Å². The van der Waals surface area contributed by atoms with E-state index in [1.54, 1.807) is 0 Å². The third-order valence-corrected chi connectivity index (χ3v) is 4.04. The minimum absolute atomic E-state index is 0.664. The van der Waals surface area contributed by atoms with Crippen LogP contribution < -0.4 is 4.90 Å². The summed E-state index contributed by atoms with van der Waals surface area (Å²) in [4.78, 5) is 18.3. The molecule has 0 bridgehead atoms. The third-order valence-electron chi connectivity index (χ3n) is 4.04. The molecule has 4 heteroatoms. The highest BCUT2D eigenvalue weighted by Crippen LogP contribution is 2.29. The van der Waals surface area contributed by atoms with Crippen LogP contribution in [0, 0.1) is 5.92 Å². The van der Waals surface area contributed by atoms with Crippen molar-refractivity contribution in [2.75, 3.05) is 18.0 Å². The summed E-state index contributed by atoms with van der Waals surface area (Å²) in [6.07, 6.45) is 6.76. The molecule has 2 aromatic rings. The Hall–Kier alpha value is -1.84. The molecule has 0 radical (unpaired) electrons. The van der Waals surface area contributed by atoms with Crippen LogP contribution in [0.15, 0.2) is 24.4 Å². The van der Waals surface area contributed by atoms with Gasteiger partial charge in [-0.3, -0.25) is 9.20 Å². The van der Waals surface area contributed by atoms with Gasteiger partial charge in [-0.15, -0.1) is 0 Å². The number of nitrogens with zero attached hydrogens (tertiary/aromatic N) is 3. The Balaban J connectivity index is 1.98. The molecule has 0 N–H and O–H groups in total. The van der Waals surface area contributed by atoms with Gasteiger partial charge in [0.15, 0.2) is 12.1 Å². The van der Waals surface area contributed by atoms with E-state index in [-0.39, 0.29) is 0 Å². The van der Waals surface area contributed by atoms with Gasteiger partial charge in [0.25, 0.3) is 0 Å². The van der Waals surface area contributed by atoms with E-state index in [0.717, 1.165) is 36.8 Å². The van der Waals surface area contributed by atoms with Crippen molar-refractivity contribution in [1.82, 2.24) is 9.38 Å². The Morgan fingerprint density at radius 2 is 2.32 bits per heavy atom. The number of anilines is 1. The van der Waals surface area contributed by atoms with Crippen LogP contribution in [0.25, 0.3) is 5.65 Å². The van der Waals surface area contributed by atoms with Gasteiger partial charge >= 0.3 is 0 Å². The van der Waals surface area contributed by atoms with Crippen molar-refractivity contribution >= 4 is 17.8 Å². The highest BCUT2D eigenvalue weighted by molar-refractivity contribution is 5.83. The fourth-order valence-corrected chi connectivity index (χ4v) is 2.70. The molecule has 0 aliphatic heterocycles. The first kappa shape index (κ1) is 12.2. The normalized spacial score (nSPS) is 15.4. The zero-order chi connectivity index (χ0) is 13.2. The summed E-state index contributed by atoms with van der Waals surface area (Å²) in [5, 5.41) is 0. The lowest BCUT2D eigenvalue weighted by Gasteiger charge is -2.32. The molecule has 1 fully saturated rings. The molecule has 2 heterocycles. The van der Waals surface area contributed by atoms with Gasteiger partial charge < -0.3 is 4.90 Å². The average molecular weight is 257 g/mol. The van der Waals surface area contributed by atoms with E-state index in [2.05, 4.69) is 16.8 Å². The van der Waals surface area contributed by atoms with Crippen molar-refractivity contribution in [3.8, 4) is 0 Å². The van der Waals surface area contributed by atoms with E-state index in [0.29, 0.717) is 5.69 Å². The predicted molar refractivity (Wildman–Crippen MR) is 75.8 cm³/mol. The molecule has 3 rings (SSSR count). The number of fused-ring (bicyclic) bond motifs is 1. The van der Waals surface area contributed by atoms with Crippen molar-refractivity contribution in [3.63, 3.8) is 0 Å². The summed E-state index contributed by atoms with van der Waals surface area (Å²) in [7, 11) is 0. The van der Waals surface area contributed by atoms with E-state index in [9.17, 15) is 4.79 Å². The van der Waals surface area contributed by atoms with Crippen molar-refractivity contribution in [3.05, 3.63) is 30.1 Å². The van der Waals surface area contributed by atoms with Crippen molar-refractivity contribution in [1.29, 1.82) is 0 Å². The summed E-state index contributed by atoms with van der Waals surface area (Å²) < 4.78 is 1.87. The van der Waals surface area contributed by atoms with Gasteiger partial charge in [0.2, 0.25) is 0 Å². The van der Waals surface area contributed by atoms with Crippen molar-refractivity contribution < 1.29 is 4.79 Å². The van der Waals surface area contributed by atoms with Crippen LogP contribution in [-0.4, -0.2) is 28.8 Å². The minimum atomic E-state index is 0.664. The number of aromatic nitrogens is 2. The molecule has 0 atom stereocenters. The first-order valence-corrected chi connectivity index (χ1v) is 7.00. The quantitative estimate of drug-likeness (QED) is 0.773. The molecule has 0 spiro atoms. The van der Waals surface area contributed by atoms with E-state index in [1.807, 2.05) is 28.8 Å². The second kappa shape index (κ2) is 5.03. The minimum Gasteiger partial charge on any atom is -0.355 e. The molecule has 0 amide bonds. The molecule has 19 heavy (non-hydrogen) atoms. The number of rotatable bonds is 5. The van der Waals surface area contributed by atoms with Gasteiger partial charge in [-0.25, -0.2) is 4.98 Å². The highest BCUT2D eigenvalue weighted by Gasteiger charge is 2.23. The summed E-state index contributed by atoms with van der Waals surface area (Å²) >= 11 is 0. The van der Waals surface area contributed by atoms with Crippen LogP contribution in [0.4, 0.5) is 5.82 Å². The molecule has 1 aliphatic rings. The number of carbonyl (C=O) groups excluding carboxylic acids is 1. The number of hydrogen-bond donors (Lipinski definition) is 0. The monoisotopic (exact) mass is 257 g/mol. The molecule has 0 saturated heterocycles. The standard InChI is InChI=1S/C15H19N3O/c1-2-17(10-12-6-5-7-12)15-13(11-19)18-9-4-3-8-14(18)16-15/h3-4,8-9,11-12H,2,5-7,10H2,1H3. The zero-order valence-electron chi connectivity index (χ0n) is 11.2. The first-order chi connectivity index (χ1) is 9.33. The number of carbonyl (C=O) groups is 1. The van der Waals surface area contributed by atoms with Gasteiger partial charge in [0.1, 0.15) is 11.3 Å². The summed E-state index contributed by atoms with van der Waals surface area (Å²) in [6, 6.07) is 5.81. The maximum atomic E-state index is 11.4. The average Bonchev–Trinajstić information content (AvgIpc) is 2.76. The van der Waals surface area contributed by atoms with Gasteiger partial charge in [0.05, 0.1) is 0 Å². The number of hydrogen-bond acceptors (Lipinski definition) is 3. The second-order valence-electron chi connectivity index (χ2n) is 5.20. The molecule has 1 saturated carbocycles. The van der Waals surface area contributed by atoms with E-state index in [1.165, 1.54) is 19.3 Å². The van der Waals surface area contributed by atoms with Gasteiger partial charge in [-0.1, -0.05) is 12.5 Å². The molecule has 100 valence electrons. The first-order valence-electron chi connectivity index (χ1n) is 7.00. The van der Waals surface area contributed by atoms with Crippen molar-refractivity contribution in [2.45, 2.75) is 26.2 Å². The molecule has 0 unspecified atom stereocenters. The zero-order valence-corrected chi connectivity index (χ0v) is 11.2. The van der Waals surface area contributed by atoms with E-state index < -0.39 is 0 Å². The lowest BCUT2D eigenvalue weighted by molar-refractivity contribution is 0.111. The molecule has 4 nitrogen and oxygen atoms in total. The number of imidazole rings is 1. The number of pyridine rings is 1. The fourth-order valence-electron chi connectivity index (χ4n) is 2.70. The topological polar surface area (TPSA) is 37.6 Å². The Morgan fingerprint density at radius 1 is 1.47 bits per heavy atom. The van der Waals surface area contributed by atoms with E-state index >= 15 is 0 Å². The third kappa shape index (κ3) is 2.11. The summed E-state index contributed by atoms with van der Waals surface area (Å²) in [5.74, 6) is 1.60. The molecule has 1 aliphatic carbocycles. The van der Waals surface area contributed by atoms with Crippen LogP contribution >= 0.6 is 0 Å². The van der Waals surface area contributed by atoms with Crippen LogP contribution in [-0.2, 0) is 0 Å². The Bertz CT molecular complexity index is 586. The van der Waals surface area contributed by atoms with Gasteiger partial charge in [0, 0.05) is 19.3 Å². The molecule has 0 aromatic carbocycles. The summed E-state index contributed by atoms with van der Waals surface area (Å²) in [5.41, 5.74) is 1.50.